The summed E-state index contributed by atoms with van der Waals surface area (Å²) in [5, 5.41) is 12.9. The van der Waals surface area contributed by atoms with Gasteiger partial charge in [0.2, 0.25) is 0 Å². The molecule has 1 aliphatic rings. The molecule has 0 fully saturated rings. The number of hydrogen-bond acceptors (Lipinski definition) is 3. The highest BCUT2D eigenvalue weighted by Crippen LogP contribution is 2.40. The van der Waals surface area contributed by atoms with Crippen LogP contribution in [0, 0.1) is 17.3 Å². The summed E-state index contributed by atoms with van der Waals surface area (Å²) >= 11 is 0. The molecule has 176 valence electrons. The average Bonchev–Trinajstić information content (AvgIpc) is 2.65. The van der Waals surface area contributed by atoms with Gasteiger partial charge >= 0.3 is 0 Å². The summed E-state index contributed by atoms with van der Waals surface area (Å²) in [5.74, 6) is 1.30. The van der Waals surface area contributed by atoms with Crippen molar-refractivity contribution in [1.82, 2.24) is 5.32 Å². The molecule has 0 aromatic heterocycles. The summed E-state index contributed by atoms with van der Waals surface area (Å²) in [4.78, 5) is 0. The topological polar surface area (TPSA) is 41.5 Å². The number of aliphatic hydroxyl groups excluding tert-OH is 1. The highest BCUT2D eigenvalue weighted by Gasteiger charge is 2.30. The quantitative estimate of drug-likeness (QED) is 0.207. The predicted octanol–water partition coefficient (Wildman–Crippen LogP) is 6.55. The number of alkyl halides is 2. The van der Waals surface area contributed by atoms with Crippen molar-refractivity contribution in [3.8, 4) is 0 Å². The first-order chi connectivity index (χ1) is 14.3. The van der Waals surface area contributed by atoms with Crippen LogP contribution in [0.4, 0.5) is 8.78 Å². The minimum absolute atomic E-state index is 0.145. The lowest BCUT2D eigenvalue weighted by molar-refractivity contribution is 0.0908. The van der Waals surface area contributed by atoms with Crippen LogP contribution in [0.3, 0.4) is 0 Å². The summed E-state index contributed by atoms with van der Waals surface area (Å²) in [6.07, 6.45) is 6.33. The van der Waals surface area contributed by atoms with E-state index in [0.29, 0.717) is 17.4 Å². The van der Waals surface area contributed by atoms with Crippen LogP contribution in [0.15, 0.2) is 59.6 Å². The molecular weight excluding hydrogens is 396 g/mol. The fourth-order valence-electron chi connectivity index (χ4n) is 3.95. The smallest absolute Gasteiger partial charge is 0.255 e. The number of allylic oxidation sites excluding steroid dienone is 6. The molecule has 31 heavy (non-hydrogen) atoms. The van der Waals surface area contributed by atoms with E-state index in [9.17, 15) is 13.9 Å². The minimum atomic E-state index is -2.42. The maximum Gasteiger partial charge on any atom is 0.255 e. The van der Waals surface area contributed by atoms with Gasteiger partial charge in [-0.15, -0.1) is 0 Å². The van der Waals surface area contributed by atoms with Gasteiger partial charge in [0.1, 0.15) is 6.61 Å². The number of halogens is 2. The third-order valence-corrected chi connectivity index (χ3v) is 5.93. The zero-order valence-corrected chi connectivity index (χ0v) is 20.1. The molecule has 3 nitrogen and oxygen atoms in total. The molecule has 0 bridgehead atoms. The van der Waals surface area contributed by atoms with Crippen molar-refractivity contribution < 1.29 is 18.6 Å². The van der Waals surface area contributed by atoms with Crippen molar-refractivity contribution in [2.45, 2.75) is 73.3 Å². The average molecular weight is 438 g/mol. The van der Waals surface area contributed by atoms with Crippen LogP contribution in [0.25, 0.3) is 0 Å². The van der Waals surface area contributed by atoms with Crippen molar-refractivity contribution in [3.63, 3.8) is 0 Å². The number of aliphatic hydroxyl groups is 1. The van der Waals surface area contributed by atoms with Crippen LogP contribution in [0.5, 0.6) is 0 Å². The molecule has 0 heterocycles. The Morgan fingerprint density at radius 3 is 2.52 bits per heavy atom. The molecule has 0 aliphatic heterocycles. The molecule has 5 heteroatoms. The van der Waals surface area contributed by atoms with Gasteiger partial charge < -0.3 is 15.2 Å². The fourth-order valence-corrected chi connectivity index (χ4v) is 3.95. The molecule has 1 rings (SSSR count). The number of nitrogens with one attached hydrogen (secondary N) is 1. The van der Waals surface area contributed by atoms with Gasteiger partial charge in [0, 0.05) is 17.0 Å². The Hall–Kier alpha value is -1.88. The number of hydrogen-bond donors (Lipinski definition) is 2. The first-order valence-electron chi connectivity index (χ1n) is 11.1. The molecule has 0 saturated carbocycles. The SMILES string of the molecule is C=C(CO/C(C)=C/C(C)=C\C(C)(CC1=C[C@@H](C(C)C)[C@H](O)CC1)C(=C)C)NCC(F)F. The standard InChI is InChI=1S/C26H41F2NO2/c1-17(2)23-12-22(9-10-24(23)30)14-26(8,18(3)4)13-19(5)11-21(7)31-16-20(6)29-15-25(27)28/h11-13,17,23-25,29-30H,3,6,9-10,14-16H2,1-2,4-5,7-8H3/b19-13-,21-11+/t23-,24+,26?/m0/s1. The first kappa shape index (κ1) is 27.2. The summed E-state index contributed by atoms with van der Waals surface area (Å²) in [5.41, 5.74) is 3.71. The molecule has 0 aromatic carbocycles. The summed E-state index contributed by atoms with van der Waals surface area (Å²) in [6, 6.07) is 0. The Morgan fingerprint density at radius 2 is 1.97 bits per heavy atom. The Kier molecular flexibility index (Phi) is 10.7. The van der Waals surface area contributed by atoms with Gasteiger partial charge in [-0.05, 0) is 52.0 Å². The zero-order chi connectivity index (χ0) is 23.8. The lowest BCUT2D eigenvalue weighted by Gasteiger charge is -2.34. The zero-order valence-electron chi connectivity index (χ0n) is 20.1. The van der Waals surface area contributed by atoms with Gasteiger partial charge in [-0.2, -0.15) is 0 Å². The van der Waals surface area contributed by atoms with E-state index in [4.69, 9.17) is 4.74 Å². The summed E-state index contributed by atoms with van der Waals surface area (Å²) in [7, 11) is 0. The van der Waals surface area contributed by atoms with E-state index in [1.165, 1.54) is 5.57 Å². The van der Waals surface area contributed by atoms with Gasteiger partial charge in [0.05, 0.1) is 18.4 Å². The molecule has 2 N–H and O–H groups in total. The fraction of sp³-hybridized carbons (Fsp3) is 0.615. The highest BCUT2D eigenvalue weighted by atomic mass is 19.3. The minimum Gasteiger partial charge on any atom is -0.492 e. The lowest BCUT2D eigenvalue weighted by Crippen LogP contribution is -2.28. The molecule has 0 spiro atoms. The van der Waals surface area contributed by atoms with Gasteiger partial charge in [-0.1, -0.05) is 62.8 Å². The third kappa shape index (κ3) is 9.42. The van der Waals surface area contributed by atoms with Crippen molar-refractivity contribution >= 4 is 0 Å². The monoisotopic (exact) mass is 437 g/mol. The third-order valence-electron chi connectivity index (χ3n) is 5.93. The molecule has 3 atom stereocenters. The lowest BCUT2D eigenvalue weighted by atomic mass is 9.72. The second-order valence-electron chi connectivity index (χ2n) is 9.43. The van der Waals surface area contributed by atoms with E-state index in [1.54, 1.807) is 0 Å². The van der Waals surface area contributed by atoms with Crippen LogP contribution in [0.1, 0.15) is 60.8 Å². The molecule has 0 aromatic rings. The van der Waals surface area contributed by atoms with Gasteiger partial charge in [0.25, 0.3) is 6.43 Å². The Labute approximate surface area is 187 Å². The van der Waals surface area contributed by atoms with E-state index < -0.39 is 13.0 Å². The van der Waals surface area contributed by atoms with E-state index >= 15 is 0 Å². The highest BCUT2D eigenvalue weighted by molar-refractivity contribution is 5.29. The van der Waals surface area contributed by atoms with E-state index in [-0.39, 0.29) is 24.0 Å². The summed E-state index contributed by atoms with van der Waals surface area (Å²) < 4.78 is 30.1. The maximum absolute atomic E-state index is 12.2. The maximum atomic E-state index is 12.2. The first-order valence-corrected chi connectivity index (χ1v) is 11.1. The van der Waals surface area contributed by atoms with Gasteiger partial charge in [0.15, 0.2) is 0 Å². The van der Waals surface area contributed by atoms with E-state index in [1.807, 2.05) is 26.8 Å². The van der Waals surface area contributed by atoms with Gasteiger partial charge in [-0.25, -0.2) is 8.78 Å². The Morgan fingerprint density at radius 1 is 1.32 bits per heavy atom. The van der Waals surface area contributed by atoms with Crippen molar-refractivity contribution in [2.24, 2.45) is 17.3 Å². The van der Waals surface area contributed by atoms with Crippen molar-refractivity contribution in [1.29, 1.82) is 0 Å². The second kappa shape index (κ2) is 12.2. The van der Waals surface area contributed by atoms with Crippen LogP contribution < -0.4 is 5.32 Å². The van der Waals surface area contributed by atoms with Gasteiger partial charge in [-0.3, -0.25) is 0 Å². The molecule has 1 aliphatic carbocycles. The van der Waals surface area contributed by atoms with Crippen LogP contribution in [-0.4, -0.2) is 30.8 Å². The molecular formula is C26H41F2NO2. The van der Waals surface area contributed by atoms with E-state index in [0.717, 1.165) is 30.4 Å². The van der Waals surface area contributed by atoms with Crippen LogP contribution in [0.2, 0.25) is 0 Å². The largest absolute Gasteiger partial charge is 0.492 e. The van der Waals surface area contributed by atoms with Crippen LogP contribution >= 0.6 is 0 Å². The van der Waals surface area contributed by atoms with Crippen molar-refractivity contribution in [3.05, 3.63) is 59.6 Å². The van der Waals surface area contributed by atoms with Crippen molar-refractivity contribution in [2.75, 3.05) is 13.2 Å². The second-order valence-corrected chi connectivity index (χ2v) is 9.43. The normalized spacial score (nSPS) is 22.2. The molecule has 0 saturated heterocycles. The summed E-state index contributed by atoms with van der Waals surface area (Å²) in [6.45, 7) is 20.1. The molecule has 1 unspecified atom stereocenters. The number of rotatable bonds is 12. The van der Waals surface area contributed by atoms with Crippen LogP contribution in [-0.2, 0) is 4.74 Å². The van der Waals surface area contributed by atoms with E-state index in [2.05, 4.69) is 51.4 Å². The number of ether oxygens (including phenoxy) is 1. The predicted molar refractivity (Wildman–Crippen MR) is 126 cm³/mol. The molecule has 0 amide bonds. The Bertz CT molecular complexity index is 721. The molecule has 0 radical (unpaired) electrons. The Balaban J connectivity index is 2.87.